The van der Waals surface area contributed by atoms with E-state index in [2.05, 4.69) is 5.32 Å². The molecule has 1 unspecified atom stereocenters. The van der Waals surface area contributed by atoms with E-state index in [0.29, 0.717) is 22.0 Å². The van der Waals surface area contributed by atoms with E-state index in [1.807, 2.05) is 0 Å². The summed E-state index contributed by atoms with van der Waals surface area (Å²) in [5.41, 5.74) is 2.21. The Hall–Kier alpha value is -3.10. The predicted molar refractivity (Wildman–Crippen MR) is 111 cm³/mol. The van der Waals surface area contributed by atoms with Gasteiger partial charge in [0.25, 0.3) is 5.91 Å². The topological polar surface area (TPSA) is 99.2 Å². The first-order valence-corrected chi connectivity index (χ1v) is 9.79. The Morgan fingerprint density at radius 3 is 2.73 bits per heavy atom. The van der Waals surface area contributed by atoms with E-state index < -0.39 is 18.6 Å². The van der Waals surface area contributed by atoms with Crippen molar-refractivity contribution in [2.24, 2.45) is 0 Å². The lowest BCUT2D eigenvalue weighted by Gasteiger charge is -2.39. The molecule has 8 nitrogen and oxygen atoms in total. The number of benzene rings is 2. The van der Waals surface area contributed by atoms with Gasteiger partial charge in [-0.3, -0.25) is 14.4 Å². The minimum absolute atomic E-state index is 0.0416. The summed E-state index contributed by atoms with van der Waals surface area (Å²) in [6.45, 7) is -0.133. The van der Waals surface area contributed by atoms with Crippen molar-refractivity contribution in [1.82, 2.24) is 9.80 Å². The average Bonchev–Trinajstić information content (AvgIpc) is 2.87. The van der Waals surface area contributed by atoms with Crippen molar-refractivity contribution >= 4 is 35.0 Å². The first kappa shape index (κ1) is 20.2. The highest BCUT2D eigenvalue weighted by atomic mass is 35.5. The maximum atomic E-state index is 13.3. The molecule has 3 amide bonds. The van der Waals surface area contributed by atoms with E-state index in [-0.39, 0.29) is 31.4 Å². The molecule has 0 radical (unpaired) electrons. The van der Waals surface area contributed by atoms with Crippen LogP contribution in [0.25, 0.3) is 11.1 Å². The summed E-state index contributed by atoms with van der Waals surface area (Å²) >= 11 is 6.15. The average molecular weight is 430 g/mol. The van der Waals surface area contributed by atoms with E-state index in [0.717, 1.165) is 11.1 Å². The number of piperazine rings is 1. The fourth-order valence-corrected chi connectivity index (χ4v) is 4.02. The van der Waals surface area contributed by atoms with Crippen LogP contribution in [0.4, 0.5) is 5.69 Å². The zero-order chi connectivity index (χ0) is 21.4. The lowest BCUT2D eigenvalue weighted by atomic mass is 10.00. The molecule has 9 heteroatoms. The zero-order valence-corrected chi connectivity index (χ0v) is 17.0. The highest BCUT2D eigenvalue weighted by Gasteiger charge is 2.40. The molecule has 0 aliphatic carbocycles. The predicted octanol–water partition coefficient (Wildman–Crippen LogP) is 1.61. The number of aliphatic hydroxyl groups excluding tert-OH is 1. The van der Waals surface area contributed by atoms with Crippen molar-refractivity contribution in [3.05, 3.63) is 47.0 Å². The standard InChI is InChI=1S/C21H20ClN3O5/c1-30-18-5-3-13(22)9-14(18)12-2-4-16-15(8-12)21(29)25-7-6-24(19(27)11-26)10-17(25)20(28)23-16/h2-5,8-9,17,26H,6-7,10-11H2,1H3,(H,23,28). The highest BCUT2D eigenvalue weighted by molar-refractivity contribution is 6.31. The molecular formula is C21H20ClN3O5. The number of nitrogens with zero attached hydrogens (tertiary/aromatic N) is 2. The van der Waals surface area contributed by atoms with Gasteiger partial charge in [0.2, 0.25) is 11.8 Å². The molecule has 2 aliphatic rings. The molecular weight excluding hydrogens is 410 g/mol. The molecule has 1 saturated heterocycles. The zero-order valence-electron chi connectivity index (χ0n) is 16.2. The lowest BCUT2D eigenvalue weighted by Crippen LogP contribution is -2.59. The van der Waals surface area contributed by atoms with Crippen molar-refractivity contribution in [2.45, 2.75) is 6.04 Å². The number of halogens is 1. The normalized spacial score (nSPS) is 18.3. The van der Waals surface area contributed by atoms with Crippen LogP contribution < -0.4 is 10.1 Å². The van der Waals surface area contributed by atoms with Crippen LogP contribution in [-0.4, -0.2) is 72.0 Å². The number of aliphatic hydroxyl groups is 1. The Morgan fingerprint density at radius 1 is 1.20 bits per heavy atom. The van der Waals surface area contributed by atoms with Gasteiger partial charge in [-0.05, 0) is 35.9 Å². The Labute approximate surface area is 178 Å². The van der Waals surface area contributed by atoms with Gasteiger partial charge < -0.3 is 25.0 Å². The van der Waals surface area contributed by atoms with E-state index >= 15 is 0 Å². The number of methoxy groups -OCH3 is 1. The molecule has 4 rings (SSSR count). The number of hydrogen-bond donors (Lipinski definition) is 2. The van der Waals surface area contributed by atoms with Gasteiger partial charge >= 0.3 is 0 Å². The molecule has 30 heavy (non-hydrogen) atoms. The van der Waals surface area contributed by atoms with Crippen molar-refractivity contribution in [2.75, 3.05) is 38.7 Å². The van der Waals surface area contributed by atoms with E-state index in [9.17, 15) is 14.4 Å². The number of carbonyl (C=O) groups is 3. The number of carbonyl (C=O) groups excluding carboxylic acids is 3. The Morgan fingerprint density at radius 2 is 2.00 bits per heavy atom. The smallest absolute Gasteiger partial charge is 0.256 e. The van der Waals surface area contributed by atoms with Gasteiger partial charge in [0, 0.05) is 23.7 Å². The van der Waals surface area contributed by atoms with E-state index in [1.54, 1.807) is 43.5 Å². The van der Waals surface area contributed by atoms with Crippen LogP contribution in [0.2, 0.25) is 5.02 Å². The summed E-state index contributed by atoms with van der Waals surface area (Å²) in [5.74, 6) is -0.525. The van der Waals surface area contributed by atoms with Gasteiger partial charge in [-0.15, -0.1) is 0 Å². The third kappa shape index (κ3) is 3.48. The number of anilines is 1. The minimum Gasteiger partial charge on any atom is -0.496 e. The summed E-state index contributed by atoms with van der Waals surface area (Å²) in [6.07, 6.45) is 0. The van der Waals surface area contributed by atoms with E-state index in [1.165, 1.54) is 9.80 Å². The maximum absolute atomic E-state index is 13.3. The molecule has 0 aromatic heterocycles. The van der Waals surface area contributed by atoms with Gasteiger partial charge in [-0.1, -0.05) is 17.7 Å². The monoisotopic (exact) mass is 429 g/mol. The van der Waals surface area contributed by atoms with Crippen molar-refractivity contribution in [1.29, 1.82) is 0 Å². The Kier molecular flexibility index (Phi) is 5.36. The van der Waals surface area contributed by atoms with Gasteiger partial charge in [-0.25, -0.2) is 0 Å². The number of hydrogen-bond acceptors (Lipinski definition) is 5. The molecule has 2 heterocycles. The largest absolute Gasteiger partial charge is 0.496 e. The highest BCUT2D eigenvalue weighted by Crippen LogP contribution is 2.36. The van der Waals surface area contributed by atoms with Crippen molar-refractivity contribution < 1.29 is 24.2 Å². The molecule has 0 saturated carbocycles. The number of nitrogens with one attached hydrogen (secondary N) is 1. The number of fused-ring (bicyclic) bond motifs is 2. The second kappa shape index (κ2) is 7.97. The second-order valence-corrected chi connectivity index (χ2v) is 7.54. The number of amides is 3. The third-order valence-electron chi connectivity index (χ3n) is 5.41. The van der Waals surface area contributed by atoms with Crippen LogP contribution in [0, 0.1) is 0 Å². The molecule has 1 atom stereocenters. The van der Waals surface area contributed by atoms with Gasteiger partial charge in [0.1, 0.15) is 18.4 Å². The molecule has 2 aromatic rings. The summed E-state index contributed by atoms with van der Waals surface area (Å²) in [5, 5.41) is 12.4. The first-order valence-electron chi connectivity index (χ1n) is 9.41. The number of rotatable bonds is 3. The van der Waals surface area contributed by atoms with Crippen LogP contribution in [0.1, 0.15) is 10.4 Å². The third-order valence-corrected chi connectivity index (χ3v) is 5.65. The van der Waals surface area contributed by atoms with E-state index in [4.69, 9.17) is 21.4 Å². The van der Waals surface area contributed by atoms with Gasteiger partial charge in [0.05, 0.1) is 24.9 Å². The molecule has 156 valence electrons. The van der Waals surface area contributed by atoms with Crippen LogP contribution >= 0.6 is 11.6 Å². The SMILES string of the molecule is COc1ccc(Cl)cc1-c1ccc2c(c1)C(=O)N1CCN(C(=O)CO)CC1C(=O)N2. The molecule has 2 N–H and O–H groups in total. The van der Waals surface area contributed by atoms with Gasteiger partial charge in [0.15, 0.2) is 0 Å². The fourth-order valence-electron chi connectivity index (χ4n) is 3.85. The van der Waals surface area contributed by atoms with Crippen LogP contribution in [0.15, 0.2) is 36.4 Å². The van der Waals surface area contributed by atoms with Crippen LogP contribution in [0.5, 0.6) is 5.75 Å². The van der Waals surface area contributed by atoms with Crippen LogP contribution in [0.3, 0.4) is 0 Å². The molecule has 0 bridgehead atoms. The first-order chi connectivity index (χ1) is 14.4. The second-order valence-electron chi connectivity index (χ2n) is 7.11. The van der Waals surface area contributed by atoms with Crippen molar-refractivity contribution in [3.8, 4) is 16.9 Å². The minimum atomic E-state index is -0.821. The fraction of sp³-hybridized carbons (Fsp3) is 0.286. The summed E-state index contributed by atoms with van der Waals surface area (Å²) in [4.78, 5) is 40.8. The van der Waals surface area contributed by atoms with Crippen LogP contribution in [-0.2, 0) is 9.59 Å². The molecule has 2 aliphatic heterocycles. The Bertz CT molecular complexity index is 1040. The summed E-state index contributed by atoms with van der Waals surface area (Å²) < 4.78 is 5.42. The summed E-state index contributed by atoms with van der Waals surface area (Å²) in [7, 11) is 1.55. The lowest BCUT2D eigenvalue weighted by molar-refractivity contribution is -0.138. The number of ether oxygens (including phenoxy) is 1. The van der Waals surface area contributed by atoms with Crippen molar-refractivity contribution in [3.63, 3.8) is 0 Å². The quantitative estimate of drug-likeness (QED) is 0.772. The molecule has 0 spiro atoms. The Balaban J connectivity index is 1.72. The molecule has 1 fully saturated rings. The summed E-state index contributed by atoms with van der Waals surface area (Å²) in [6, 6.07) is 9.57. The maximum Gasteiger partial charge on any atom is 0.256 e. The van der Waals surface area contributed by atoms with Gasteiger partial charge in [-0.2, -0.15) is 0 Å². The molecule has 2 aromatic carbocycles.